The summed E-state index contributed by atoms with van der Waals surface area (Å²) < 4.78 is 27.5. The van der Waals surface area contributed by atoms with Crippen molar-refractivity contribution in [2.24, 2.45) is 0 Å². The van der Waals surface area contributed by atoms with Crippen LogP contribution in [0.2, 0.25) is 0 Å². The molecule has 0 saturated heterocycles. The molecule has 0 atom stereocenters. The maximum atomic E-state index is 11.5. The first kappa shape index (κ1) is 19.7. The number of carbonyl (C=O) groups excluding carboxylic acids is 1. The van der Waals surface area contributed by atoms with Gasteiger partial charge in [-0.15, -0.1) is 0 Å². The van der Waals surface area contributed by atoms with Gasteiger partial charge in [0.25, 0.3) is 0 Å². The van der Waals surface area contributed by atoms with Crippen molar-refractivity contribution in [1.82, 2.24) is 0 Å². The minimum Gasteiger partial charge on any atom is -0.493 e. The molecule has 0 fully saturated rings. The monoisotopic (exact) mass is 338 g/mol. The second-order valence-electron chi connectivity index (χ2n) is 4.53. The summed E-state index contributed by atoms with van der Waals surface area (Å²) in [4.78, 5) is 11.5. The van der Waals surface area contributed by atoms with Gasteiger partial charge in [0.15, 0.2) is 11.5 Å². The van der Waals surface area contributed by atoms with Gasteiger partial charge in [-0.25, -0.2) is 4.79 Å². The molecule has 0 saturated carbocycles. The van der Waals surface area contributed by atoms with Crippen molar-refractivity contribution in [3.63, 3.8) is 0 Å². The smallest absolute Gasteiger partial charge is 0.330 e. The molecule has 0 aliphatic carbocycles. The molecular formula is C18H26O6. The lowest BCUT2D eigenvalue weighted by Gasteiger charge is -2.20. The number of hydrogen-bond acceptors (Lipinski definition) is 6. The van der Waals surface area contributed by atoms with Gasteiger partial charge in [0.2, 0.25) is 5.75 Å². The highest BCUT2D eigenvalue weighted by Crippen LogP contribution is 2.46. The number of ether oxygens (including phenoxy) is 5. The fourth-order valence-electron chi connectivity index (χ4n) is 2.09. The van der Waals surface area contributed by atoms with Gasteiger partial charge in [-0.2, -0.15) is 0 Å². The Morgan fingerprint density at radius 3 is 1.96 bits per heavy atom. The van der Waals surface area contributed by atoms with E-state index in [9.17, 15) is 4.79 Å². The van der Waals surface area contributed by atoms with Crippen molar-refractivity contribution in [2.75, 3.05) is 33.5 Å². The minimum atomic E-state index is -0.466. The molecule has 1 rings (SSSR count). The number of benzene rings is 1. The lowest BCUT2D eigenvalue weighted by atomic mass is 10.1. The molecule has 0 aromatic heterocycles. The zero-order chi connectivity index (χ0) is 17.9. The van der Waals surface area contributed by atoms with E-state index in [-0.39, 0.29) is 0 Å². The van der Waals surface area contributed by atoms with Crippen molar-refractivity contribution in [1.29, 1.82) is 0 Å². The third-order valence-corrected chi connectivity index (χ3v) is 2.97. The maximum absolute atomic E-state index is 11.5. The molecule has 0 aliphatic heterocycles. The van der Waals surface area contributed by atoms with E-state index in [1.54, 1.807) is 12.1 Å². The summed E-state index contributed by atoms with van der Waals surface area (Å²) in [7, 11) is 1.32. The molecule has 134 valence electrons. The summed E-state index contributed by atoms with van der Waals surface area (Å²) >= 11 is 0. The molecule has 0 bridgehead atoms. The average Bonchev–Trinajstić information content (AvgIpc) is 2.57. The first-order chi connectivity index (χ1) is 11.6. The van der Waals surface area contributed by atoms with Crippen LogP contribution in [-0.4, -0.2) is 39.5 Å². The van der Waals surface area contributed by atoms with Gasteiger partial charge >= 0.3 is 5.97 Å². The van der Waals surface area contributed by atoms with E-state index in [1.807, 2.05) is 27.7 Å². The van der Waals surface area contributed by atoms with Crippen molar-refractivity contribution >= 4 is 12.0 Å². The van der Waals surface area contributed by atoms with Crippen LogP contribution in [0.25, 0.3) is 6.08 Å². The fourth-order valence-corrected chi connectivity index (χ4v) is 2.09. The van der Waals surface area contributed by atoms with Crippen LogP contribution >= 0.6 is 0 Å². The molecule has 0 spiro atoms. The first-order valence-corrected chi connectivity index (χ1v) is 8.10. The Morgan fingerprint density at radius 2 is 1.42 bits per heavy atom. The molecule has 1 aromatic carbocycles. The molecule has 0 aliphatic rings. The second-order valence-corrected chi connectivity index (χ2v) is 4.53. The Bertz CT molecular complexity index is 565. The number of esters is 1. The van der Waals surface area contributed by atoms with Gasteiger partial charge in [0, 0.05) is 12.1 Å². The van der Waals surface area contributed by atoms with Crippen LogP contribution < -0.4 is 18.9 Å². The Balaban J connectivity index is 3.55. The molecule has 0 radical (unpaired) electrons. The van der Waals surface area contributed by atoms with E-state index >= 15 is 0 Å². The number of methoxy groups -OCH3 is 1. The SMILES string of the molecule is CCOc1cc(OCC)c(OCC)c(OCC)c1C=CC(=O)OC. The van der Waals surface area contributed by atoms with E-state index in [0.29, 0.717) is 55.0 Å². The summed E-state index contributed by atoms with van der Waals surface area (Å²) in [6.07, 6.45) is 2.91. The zero-order valence-electron chi connectivity index (χ0n) is 15.0. The van der Waals surface area contributed by atoms with Gasteiger partial charge in [-0.1, -0.05) is 0 Å². The van der Waals surface area contributed by atoms with Crippen LogP contribution in [0, 0.1) is 0 Å². The number of carbonyl (C=O) groups is 1. The molecule has 24 heavy (non-hydrogen) atoms. The normalized spacial score (nSPS) is 10.5. The lowest BCUT2D eigenvalue weighted by Crippen LogP contribution is -2.06. The van der Waals surface area contributed by atoms with Crippen LogP contribution in [0.4, 0.5) is 0 Å². The zero-order valence-corrected chi connectivity index (χ0v) is 15.0. The lowest BCUT2D eigenvalue weighted by molar-refractivity contribution is -0.134. The summed E-state index contributed by atoms with van der Waals surface area (Å²) in [6.45, 7) is 9.35. The van der Waals surface area contributed by atoms with Crippen molar-refractivity contribution < 1.29 is 28.5 Å². The van der Waals surface area contributed by atoms with Crippen LogP contribution in [0.1, 0.15) is 33.3 Å². The van der Waals surface area contributed by atoms with Crippen LogP contribution in [0.5, 0.6) is 23.0 Å². The van der Waals surface area contributed by atoms with E-state index < -0.39 is 5.97 Å². The summed E-state index contributed by atoms with van der Waals surface area (Å²) in [5, 5.41) is 0. The molecule has 0 unspecified atom stereocenters. The van der Waals surface area contributed by atoms with Crippen molar-refractivity contribution in [3.05, 3.63) is 17.7 Å². The Kier molecular flexibility index (Phi) is 8.54. The third-order valence-electron chi connectivity index (χ3n) is 2.97. The molecule has 6 nitrogen and oxygen atoms in total. The number of hydrogen-bond donors (Lipinski definition) is 0. The summed E-state index contributed by atoms with van der Waals surface area (Å²) in [5.74, 6) is 1.60. The van der Waals surface area contributed by atoms with Crippen molar-refractivity contribution in [2.45, 2.75) is 27.7 Å². The predicted molar refractivity (Wildman–Crippen MR) is 92.2 cm³/mol. The minimum absolute atomic E-state index is 0.431. The van der Waals surface area contributed by atoms with Crippen LogP contribution in [-0.2, 0) is 9.53 Å². The molecule has 6 heteroatoms. The predicted octanol–water partition coefficient (Wildman–Crippen LogP) is 3.47. The van der Waals surface area contributed by atoms with Gasteiger partial charge in [-0.05, 0) is 33.8 Å². The number of rotatable bonds is 10. The Hall–Kier alpha value is -2.37. The summed E-state index contributed by atoms with van der Waals surface area (Å²) in [5.41, 5.74) is 0.607. The quantitative estimate of drug-likeness (QED) is 0.481. The van der Waals surface area contributed by atoms with E-state index in [4.69, 9.17) is 18.9 Å². The Morgan fingerprint density at radius 1 is 0.875 bits per heavy atom. The van der Waals surface area contributed by atoms with E-state index in [2.05, 4.69) is 4.74 Å². The van der Waals surface area contributed by atoms with Crippen molar-refractivity contribution in [3.8, 4) is 23.0 Å². The fraction of sp³-hybridized carbons (Fsp3) is 0.500. The highest BCUT2D eigenvalue weighted by Gasteiger charge is 2.21. The average molecular weight is 338 g/mol. The topological polar surface area (TPSA) is 63.2 Å². The first-order valence-electron chi connectivity index (χ1n) is 8.10. The molecule has 0 heterocycles. The van der Waals surface area contributed by atoms with E-state index in [0.717, 1.165) is 0 Å². The van der Waals surface area contributed by atoms with Crippen LogP contribution in [0.3, 0.4) is 0 Å². The largest absolute Gasteiger partial charge is 0.493 e. The van der Waals surface area contributed by atoms with E-state index in [1.165, 1.54) is 13.2 Å². The maximum Gasteiger partial charge on any atom is 0.330 e. The Labute approximate surface area is 143 Å². The molecule has 0 amide bonds. The standard InChI is InChI=1S/C18H26O6/c1-6-21-14-12-15(22-7-2)18(24-9-4)17(23-8-3)13(14)10-11-16(19)20-5/h10-12H,6-9H2,1-5H3. The van der Waals surface area contributed by atoms with Gasteiger partial charge < -0.3 is 23.7 Å². The molecular weight excluding hydrogens is 312 g/mol. The third kappa shape index (κ3) is 5.08. The summed E-state index contributed by atoms with van der Waals surface area (Å²) in [6, 6.07) is 1.75. The van der Waals surface area contributed by atoms with Crippen LogP contribution in [0.15, 0.2) is 12.1 Å². The highest BCUT2D eigenvalue weighted by atomic mass is 16.5. The second kappa shape index (κ2) is 10.4. The van der Waals surface area contributed by atoms with Gasteiger partial charge in [0.05, 0.1) is 39.1 Å². The molecule has 0 N–H and O–H groups in total. The van der Waals surface area contributed by atoms with Gasteiger partial charge in [-0.3, -0.25) is 0 Å². The highest BCUT2D eigenvalue weighted by molar-refractivity contribution is 5.89. The van der Waals surface area contributed by atoms with Gasteiger partial charge in [0.1, 0.15) is 5.75 Å². The molecule has 1 aromatic rings.